The minimum atomic E-state index is -0.316. The van der Waals surface area contributed by atoms with E-state index in [1.54, 1.807) is 37.6 Å². The molecule has 0 atom stereocenters. The zero-order valence-corrected chi connectivity index (χ0v) is 22.0. The van der Waals surface area contributed by atoms with Crippen LogP contribution in [0, 0.1) is 6.92 Å². The summed E-state index contributed by atoms with van der Waals surface area (Å²) in [6.07, 6.45) is 3.22. The molecule has 0 bridgehead atoms. The van der Waals surface area contributed by atoms with Crippen LogP contribution in [0.15, 0.2) is 58.1 Å². The van der Waals surface area contributed by atoms with E-state index in [0.717, 1.165) is 0 Å². The van der Waals surface area contributed by atoms with Crippen molar-refractivity contribution in [1.82, 2.24) is 24.5 Å². The number of hydrogen-bond acceptors (Lipinski definition) is 7. The van der Waals surface area contributed by atoms with Crippen LogP contribution in [0.2, 0.25) is 5.02 Å². The SMILES string of the molecule is COc1cccc(COc2cc(C)n(-c3cc(-c4ccnc(C(C)C)n4)ncc3Cl)c(=O)c2Br)n1. The van der Waals surface area contributed by atoms with Crippen molar-refractivity contribution in [2.75, 3.05) is 7.11 Å². The van der Waals surface area contributed by atoms with Gasteiger partial charge in [0.05, 0.1) is 34.9 Å². The number of hydrogen-bond donors (Lipinski definition) is 0. The Bertz CT molecular complexity index is 1440. The second kappa shape index (κ2) is 10.5. The zero-order chi connectivity index (χ0) is 25.1. The molecule has 0 fully saturated rings. The lowest BCUT2D eigenvalue weighted by atomic mass is 10.2. The molecule has 0 saturated carbocycles. The molecule has 0 unspecified atom stereocenters. The molecule has 0 spiro atoms. The summed E-state index contributed by atoms with van der Waals surface area (Å²) in [5.41, 5.74) is 2.72. The van der Waals surface area contributed by atoms with Crippen LogP contribution in [-0.4, -0.2) is 31.6 Å². The van der Waals surface area contributed by atoms with Gasteiger partial charge < -0.3 is 9.47 Å². The first-order valence-electron chi connectivity index (χ1n) is 10.8. The summed E-state index contributed by atoms with van der Waals surface area (Å²) in [4.78, 5) is 31.0. The second-order valence-corrected chi connectivity index (χ2v) is 9.24. The Morgan fingerprint density at radius 2 is 1.91 bits per heavy atom. The number of halogens is 2. The predicted molar refractivity (Wildman–Crippen MR) is 138 cm³/mol. The molecule has 0 amide bonds. The van der Waals surface area contributed by atoms with Gasteiger partial charge in [0.25, 0.3) is 5.56 Å². The van der Waals surface area contributed by atoms with Crippen molar-refractivity contribution in [3.63, 3.8) is 0 Å². The molecule has 35 heavy (non-hydrogen) atoms. The smallest absolute Gasteiger partial charge is 0.273 e. The highest BCUT2D eigenvalue weighted by Gasteiger charge is 2.17. The molecule has 0 aliphatic rings. The summed E-state index contributed by atoms with van der Waals surface area (Å²) in [6, 6.07) is 10.7. The maximum atomic E-state index is 13.4. The molecule has 0 aromatic carbocycles. The van der Waals surface area contributed by atoms with Gasteiger partial charge in [-0.2, -0.15) is 0 Å². The predicted octanol–water partition coefficient (Wildman–Crippen LogP) is 5.52. The van der Waals surface area contributed by atoms with Crippen LogP contribution in [0.4, 0.5) is 0 Å². The summed E-state index contributed by atoms with van der Waals surface area (Å²) < 4.78 is 12.8. The lowest BCUT2D eigenvalue weighted by Crippen LogP contribution is -2.22. The van der Waals surface area contributed by atoms with Gasteiger partial charge in [0.2, 0.25) is 5.88 Å². The van der Waals surface area contributed by atoms with Gasteiger partial charge in [-0.15, -0.1) is 0 Å². The molecule has 4 aromatic heterocycles. The fourth-order valence-electron chi connectivity index (χ4n) is 3.42. The fraction of sp³-hybridized carbons (Fsp3) is 0.240. The number of methoxy groups -OCH3 is 1. The van der Waals surface area contributed by atoms with E-state index in [-0.39, 0.29) is 22.6 Å². The van der Waals surface area contributed by atoms with Crippen molar-refractivity contribution in [2.24, 2.45) is 0 Å². The summed E-state index contributed by atoms with van der Waals surface area (Å²) in [5.74, 6) is 1.77. The van der Waals surface area contributed by atoms with Crippen LogP contribution >= 0.6 is 27.5 Å². The second-order valence-electron chi connectivity index (χ2n) is 8.04. The van der Waals surface area contributed by atoms with Crippen molar-refractivity contribution in [3.8, 4) is 28.7 Å². The standard InChI is InChI=1S/C25H23BrClN5O3/c1-14(2)24-28-9-8-18(31-24)19-11-20(17(27)12-29-19)32-15(3)10-21(23(26)25(32)33)35-13-16-6-5-7-22(30-16)34-4/h5-12,14H,13H2,1-4H3. The molecule has 4 aromatic rings. The summed E-state index contributed by atoms with van der Waals surface area (Å²) in [5, 5.41) is 0.332. The highest BCUT2D eigenvalue weighted by atomic mass is 79.9. The van der Waals surface area contributed by atoms with Crippen molar-refractivity contribution in [2.45, 2.75) is 33.3 Å². The molecule has 4 heterocycles. The van der Waals surface area contributed by atoms with Crippen molar-refractivity contribution >= 4 is 27.5 Å². The van der Waals surface area contributed by atoms with Crippen molar-refractivity contribution < 1.29 is 9.47 Å². The number of rotatable bonds is 7. The third-order valence-electron chi connectivity index (χ3n) is 5.19. The van der Waals surface area contributed by atoms with Crippen LogP contribution in [-0.2, 0) is 6.61 Å². The van der Waals surface area contributed by atoms with Crippen LogP contribution in [0.5, 0.6) is 11.6 Å². The van der Waals surface area contributed by atoms with Gasteiger partial charge in [0.1, 0.15) is 22.7 Å². The molecule has 8 nitrogen and oxygen atoms in total. The molecular formula is C25H23BrClN5O3. The van der Waals surface area contributed by atoms with Gasteiger partial charge in [0.15, 0.2) is 0 Å². The van der Waals surface area contributed by atoms with Gasteiger partial charge in [-0.05, 0) is 41.1 Å². The highest BCUT2D eigenvalue weighted by Crippen LogP contribution is 2.29. The first-order chi connectivity index (χ1) is 16.8. The highest BCUT2D eigenvalue weighted by molar-refractivity contribution is 9.10. The number of nitrogens with zero attached hydrogens (tertiary/aromatic N) is 5. The quantitative estimate of drug-likeness (QED) is 0.296. The maximum Gasteiger partial charge on any atom is 0.273 e. The summed E-state index contributed by atoms with van der Waals surface area (Å²) in [6.45, 7) is 6.02. The molecule has 180 valence electrons. The number of ether oxygens (including phenoxy) is 2. The average Bonchev–Trinajstić information content (AvgIpc) is 2.86. The Morgan fingerprint density at radius 3 is 2.66 bits per heavy atom. The minimum Gasteiger partial charge on any atom is -0.486 e. The van der Waals surface area contributed by atoms with Gasteiger partial charge in [-0.1, -0.05) is 31.5 Å². The maximum absolute atomic E-state index is 13.4. The molecule has 4 rings (SSSR count). The van der Waals surface area contributed by atoms with Gasteiger partial charge in [-0.25, -0.2) is 15.0 Å². The molecule has 0 radical (unpaired) electrons. The van der Waals surface area contributed by atoms with E-state index in [1.165, 1.54) is 10.8 Å². The zero-order valence-electron chi connectivity index (χ0n) is 19.6. The summed E-state index contributed by atoms with van der Waals surface area (Å²) in [7, 11) is 1.55. The van der Waals surface area contributed by atoms with Crippen LogP contribution in [0.1, 0.15) is 37.0 Å². The Morgan fingerprint density at radius 1 is 1.11 bits per heavy atom. The van der Waals surface area contributed by atoms with Crippen LogP contribution in [0.3, 0.4) is 0 Å². The van der Waals surface area contributed by atoms with Crippen molar-refractivity contribution in [3.05, 3.63) is 85.9 Å². The number of aryl methyl sites for hydroxylation is 1. The first-order valence-corrected chi connectivity index (χ1v) is 12.0. The lowest BCUT2D eigenvalue weighted by molar-refractivity contribution is 0.295. The molecule has 0 N–H and O–H groups in total. The average molecular weight is 557 g/mol. The van der Waals surface area contributed by atoms with E-state index in [9.17, 15) is 4.79 Å². The largest absolute Gasteiger partial charge is 0.486 e. The number of aromatic nitrogens is 5. The Hall–Kier alpha value is -3.30. The van der Waals surface area contributed by atoms with E-state index in [1.807, 2.05) is 32.9 Å². The lowest BCUT2D eigenvalue weighted by Gasteiger charge is -2.16. The van der Waals surface area contributed by atoms with E-state index < -0.39 is 0 Å². The molecule has 10 heteroatoms. The Kier molecular flexibility index (Phi) is 7.47. The third kappa shape index (κ3) is 5.36. The van der Waals surface area contributed by atoms with Crippen molar-refractivity contribution in [1.29, 1.82) is 0 Å². The first kappa shape index (κ1) is 24.8. The topological polar surface area (TPSA) is 92.0 Å². The fourth-order valence-corrected chi connectivity index (χ4v) is 4.02. The monoisotopic (exact) mass is 555 g/mol. The molecule has 0 aliphatic carbocycles. The Labute approximate surface area is 216 Å². The Balaban J connectivity index is 1.70. The van der Waals surface area contributed by atoms with E-state index in [4.69, 9.17) is 21.1 Å². The van der Waals surface area contributed by atoms with E-state index in [2.05, 4.69) is 35.9 Å². The normalized spacial score (nSPS) is 11.1. The molecule has 0 saturated heterocycles. The van der Waals surface area contributed by atoms with Crippen LogP contribution in [0.25, 0.3) is 17.1 Å². The number of pyridine rings is 3. The van der Waals surface area contributed by atoms with E-state index in [0.29, 0.717) is 50.9 Å². The van der Waals surface area contributed by atoms with Gasteiger partial charge in [0, 0.05) is 36.1 Å². The van der Waals surface area contributed by atoms with Gasteiger partial charge >= 0.3 is 0 Å². The third-order valence-corrected chi connectivity index (χ3v) is 6.22. The van der Waals surface area contributed by atoms with Crippen LogP contribution < -0.4 is 15.0 Å². The molecular weight excluding hydrogens is 534 g/mol. The van der Waals surface area contributed by atoms with Gasteiger partial charge in [-0.3, -0.25) is 14.3 Å². The molecule has 0 aliphatic heterocycles. The minimum absolute atomic E-state index is 0.169. The van der Waals surface area contributed by atoms with E-state index >= 15 is 0 Å². The summed E-state index contributed by atoms with van der Waals surface area (Å²) >= 11 is 9.88.